The van der Waals surface area contributed by atoms with E-state index in [1.807, 2.05) is 42.5 Å². The molecule has 0 atom stereocenters. The number of benzene rings is 3. The fraction of sp³-hybridized carbons (Fsp3) is 0. The zero-order valence-electron chi connectivity index (χ0n) is 12.0. The van der Waals surface area contributed by atoms with Crippen molar-refractivity contribution in [3.8, 4) is 0 Å². The molecule has 3 rings (SSSR count). The molecule has 4 nitrogen and oxygen atoms in total. The monoisotopic (exact) mass is 322 g/mol. The summed E-state index contributed by atoms with van der Waals surface area (Å²) in [5.74, 6) is 0. The molecule has 0 saturated heterocycles. The summed E-state index contributed by atoms with van der Waals surface area (Å²) < 4.78 is 31.3. The SMILES string of the molecule is O=S(=O)(O)c1cccc(Nc2ccc3ccccc3c2)c1.[Na]. The molecule has 0 aromatic heterocycles. The molecule has 0 spiro atoms. The summed E-state index contributed by atoms with van der Waals surface area (Å²) in [5.41, 5.74) is 1.45. The quantitative estimate of drug-likeness (QED) is 0.572. The standard InChI is InChI=1S/C16H13NO3S.Na/c18-21(19,20)16-7-3-6-14(11-16)17-15-9-8-12-4-1-2-5-13(12)10-15;/h1-11,17H,(H,18,19,20);. The molecule has 0 aliphatic rings. The Morgan fingerprint density at radius 3 is 2.18 bits per heavy atom. The number of hydrogen-bond donors (Lipinski definition) is 2. The number of hydrogen-bond acceptors (Lipinski definition) is 3. The maximum Gasteiger partial charge on any atom is 0.294 e. The van der Waals surface area contributed by atoms with E-state index in [9.17, 15) is 8.42 Å². The Morgan fingerprint density at radius 1 is 0.773 bits per heavy atom. The van der Waals surface area contributed by atoms with E-state index in [4.69, 9.17) is 4.55 Å². The van der Waals surface area contributed by atoms with Gasteiger partial charge in [0.1, 0.15) is 0 Å². The first-order valence-corrected chi connectivity index (χ1v) is 7.80. The molecule has 0 heterocycles. The van der Waals surface area contributed by atoms with E-state index in [1.165, 1.54) is 12.1 Å². The van der Waals surface area contributed by atoms with E-state index in [1.54, 1.807) is 12.1 Å². The van der Waals surface area contributed by atoms with Gasteiger partial charge in [-0.3, -0.25) is 4.55 Å². The third-order valence-electron chi connectivity index (χ3n) is 3.17. The van der Waals surface area contributed by atoms with E-state index in [2.05, 4.69) is 5.32 Å². The van der Waals surface area contributed by atoms with Gasteiger partial charge in [-0.1, -0.05) is 36.4 Å². The predicted molar refractivity (Wildman–Crippen MR) is 89.2 cm³/mol. The topological polar surface area (TPSA) is 66.4 Å². The first-order chi connectivity index (χ1) is 10.0. The zero-order chi connectivity index (χ0) is 14.9. The number of anilines is 2. The van der Waals surface area contributed by atoms with Crippen LogP contribution in [-0.4, -0.2) is 42.5 Å². The smallest absolute Gasteiger partial charge is 0.294 e. The van der Waals surface area contributed by atoms with Gasteiger partial charge in [-0.15, -0.1) is 0 Å². The van der Waals surface area contributed by atoms with Gasteiger partial charge in [0.05, 0.1) is 4.90 Å². The average molecular weight is 322 g/mol. The van der Waals surface area contributed by atoms with Crippen LogP contribution in [0.15, 0.2) is 71.6 Å². The van der Waals surface area contributed by atoms with Gasteiger partial charge in [0, 0.05) is 40.9 Å². The summed E-state index contributed by atoms with van der Waals surface area (Å²) >= 11 is 0. The molecule has 22 heavy (non-hydrogen) atoms. The fourth-order valence-corrected chi connectivity index (χ4v) is 2.69. The summed E-state index contributed by atoms with van der Waals surface area (Å²) in [6, 6.07) is 19.9. The first-order valence-electron chi connectivity index (χ1n) is 6.36. The minimum absolute atomic E-state index is 0. The molecule has 0 bridgehead atoms. The van der Waals surface area contributed by atoms with Crippen LogP contribution in [0.3, 0.4) is 0 Å². The van der Waals surface area contributed by atoms with Crippen LogP contribution in [0.4, 0.5) is 11.4 Å². The molecule has 0 unspecified atom stereocenters. The van der Waals surface area contributed by atoms with Gasteiger partial charge in [0.2, 0.25) is 0 Å². The second-order valence-corrected chi connectivity index (χ2v) is 6.11. The van der Waals surface area contributed by atoms with Gasteiger partial charge in [0.15, 0.2) is 0 Å². The van der Waals surface area contributed by atoms with E-state index in [0.29, 0.717) is 5.69 Å². The molecule has 1 radical (unpaired) electrons. The second-order valence-electron chi connectivity index (χ2n) is 4.69. The molecule has 0 aliphatic carbocycles. The number of rotatable bonds is 3. The van der Waals surface area contributed by atoms with E-state index >= 15 is 0 Å². The van der Waals surface area contributed by atoms with Gasteiger partial charge in [0.25, 0.3) is 10.1 Å². The molecule has 0 amide bonds. The summed E-state index contributed by atoms with van der Waals surface area (Å²) in [4.78, 5) is -0.131. The molecule has 3 aromatic rings. The summed E-state index contributed by atoms with van der Waals surface area (Å²) in [6.07, 6.45) is 0. The van der Waals surface area contributed by atoms with Crippen molar-refractivity contribution >= 4 is 61.8 Å². The third-order valence-corrected chi connectivity index (χ3v) is 4.02. The van der Waals surface area contributed by atoms with Crippen LogP contribution in [0.5, 0.6) is 0 Å². The third kappa shape index (κ3) is 3.88. The van der Waals surface area contributed by atoms with Gasteiger partial charge < -0.3 is 5.32 Å². The Morgan fingerprint density at radius 2 is 1.45 bits per heavy atom. The van der Waals surface area contributed by atoms with Crippen LogP contribution in [0, 0.1) is 0 Å². The number of fused-ring (bicyclic) bond motifs is 1. The molecule has 6 heteroatoms. The Labute approximate surface area is 151 Å². The Hall–Kier alpha value is -1.37. The molecule has 107 valence electrons. The van der Waals surface area contributed by atoms with Crippen molar-refractivity contribution in [2.24, 2.45) is 0 Å². The molecule has 0 saturated carbocycles. The Kier molecular flexibility index (Phi) is 5.26. The van der Waals surface area contributed by atoms with Crippen molar-refractivity contribution in [3.05, 3.63) is 66.7 Å². The van der Waals surface area contributed by atoms with Crippen molar-refractivity contribution in [3.63, 3.8) is 0 Å². The van der Waals surface area contributed by atoms with E-state index < -0.39 is 10.1 Å². The van der Waals surface area contributed by atoms with Crippen LogP contribution < -0.4 is 5.32 Å². The zero-order valence-corrected chi connectivity index (χ0v) is 14.8. The van der Waals surface area contributed by atoms with Crippen LogP contribution in [0.25, 0.3) is 10.8 Å². The van der Waals surface area contributed by atoms with Crippen molar-refractivity contribution < 1.29 is 13.0 Å². The number of nitrogens with one attached hydrogen (secondary N) is 1. The van der Waals surface area contributed by atoms with Crippen LogP contribution in [-0.2, 0) is 10.1 Å². The van der Waals surface area contributed by atoms with Gasteiger partial charge in [-0.2, -0.15) is 8.42 Å². The molecule has 2 N–H and O–H groups in total. The Balaban J connectivity index is 0.00000176. The first kappa shape index (κ1) is 17.0. The van der Waals surface area contributed by atoms with Crippen molar-refractivity contribution in [1.82, 2.24) is 0 Å². The fourth-order valence-electron chi connectivity index (χ4n) is 2.17. The minimum Gasteiger partial charge on any atom is -0.355 e. The average Bonchev–Trinajstić information content (AvgIpc) is 2.46. The predicted octanol–water partition coefficient (Wildman–Crippen LogP) is 3.45. The van der Waals surface area contributed by atoms with Gasteiger partial charge in [-0.05, 0) is 41.1 Å². The normalized spacial score (nSPS) is 11.0. The molecule has 0 aliphatic heterocycles. The van der Waals surface area contributed by atoms with Crippen LogP contribution in [0.1, 0.15) is 0 Å². The van der Waals surface area contributed by atoms with Crippen molar-refractivity contribution in [1.29, 1.82) is 0 Å². The minimum atomic E-state index is -4.19. The largest absolute Gasteiger partial charge is 0.355 e. The molecule has 3 aromatic carbocycles. The Bertz CT molecular complexity index is 910. The van der Waals surface area contributed by atoms with Gasteiger partial charge >= 0.3 is 0 Å². The molecular weight excluding hydrogens is 309 g/mol. The summed E-state index contributed by atoms with van der Waals surface area (Å²) in [5, 5.41) is 5.36. The van der Waals surface area contributed by atoms with Crippen LogP contribution in [0.2, 0.25) is 0 Å². The summed E-state index contributed by atoms with van der Waals surface area (Å²) in [6.45, 7) is 0. The van der Waals surface area contributed by atoms with Crippen molar-refractivity contribution in [2.75, 3.05) is 5.32 Å². The van der Waals surface area contributed by atoms with E-state index in [-0.39, 0.29) is 34.5 Å². The van der Waals surface area contributed by atoms with Crippen LogP contribution >= 0.6 is 0 Å². The van der Waals surface area contributed by atoms with Crippen molar-refractivity contribution in [2.45, 2.75) is 4.90 Å². The van der Waals surface area contributed by atoms with E-state index in [0.717, 1.165) is 16.5 Å². The maximum atomic E-state index is 11.1. The summed E-state index contributed by atoms with van der Waals surface area (Å²) in [7, 11) is -4.19. The second kappa shape index (κ2) is 6.81. The van der Waals surface area contributed by atoms with Gasteiger partial charge in [-0.25, -0.2) is 0 Å². The molecule has 0 fully saturated rings. The maximum absolute atomic E-state index is 11.1. The molecular formula is C16H13NNaO3S.